The second kappa shape index (κ2) is 10.3. The summed E-state index contributed by atoms with van der Waals surface area (Å²) in [6.07, 6.45) is 0.562. The van der Waals surface area contributed by atoms with Crippen molar-refractivity contribution >= 4 is 12.3 Å². The Morgan fingerprint density at radius 2 is 2.05 bits per heavy atom. The quantitative estimate of drug-likeness (QED) is 0.645. The van der Waals surface area contributed by atoms with E-state index in [9.17, 15) is 9.59 Å². The molecular formula is C13H23N3O3. The third kappa shape index (κ3) is 7.38. The summed E-state index contributed by atoms with van der Waals surface area (Å²) in [5, 5.41) is 11.5. The van der Waals surface area contributed by atoms with Crippen LogP contribution < -0.4 is 5.32 Å². The van der Waals surface area contributed by atoms with Crippen LogP contribution in [0.15, 0.2) is 12.1 Å². The van der Waals surface area contributed by atoms with E-state index in [1.165, 1.54) is 18.7 Å². The summed E-state index contributed by atoms with van der Waals surface area (Å²) in [4.78, 5) is 25.0. The van der Waals surface area contributed by atoms with Gasteiger partial charge in [0.25, 0.3) is 0 Å². The average molecular weight is 269 g/mol. The molecule has 1 rings (SSSR count). The number of likely N-dealkylation sites (N-methyl/N-ethyl adjacent to an activating group) is 2. The van der Waals surface area contributed by atoms with E-state index in [0.29, 0.717) is 6.29 Å². The zero-order valence-corrected chi connectivity index (χ0v) is 11.8. The predicted octanol–water partition coefficient (Wildman–Crippen LogP) is 1.07. The number of hydrogen-bond donors (Lipinski definition) is 3. The number of hydrogen-bond acceptors (Lipinski definition) is 4. The molecule has 3 N–H and O–H groups in total. The van der Waals surface area contributed by atoms with Crippen molar-refractivity contribution in [3.8, 4) is 0 Å². The number of aromatic nitrogens is 1. The fourth-order valence-corrected chi connectivity index (χ4v) is 1.42. The number of aromatic carboxylic acids is 1. The van der Waals surface area contributed by atoms with E-state index >= 15 is 0 Å². The summed E-state index contributed by atoms with van der Waals surface area (Å²) in [7, 11) is 1.99. The number of carboxylic acid groups (broad SMARTS) is 1. The summed E-state index contributed by atoms with van der Waals surface area (Å²) in [5.74, 6) is -1.06. The molecule has 0 amide bonds. The van der Waals surface area contributed by atoms with E-state index in [1.807, 2.05) is 7.05 Å². The number of aromatic amines is 1. The molecule has 1 aromatic heterocycles. The third-order valence-electron chi connectivity index (χ3n) is 2.64. The van der Waals surface area contributed by atoms with Crippen molar-refractivity contribution in [1.29, 1.82) is 0 Å². The Morgan fingerprint density at radius 1 is 1.42 bits per heavy atom. The molecule has 0 bridgehead atoms. The van der Waals surface area contributed by atoms with Gasteiger partial charge in [-0.3, -0.25) is 4.79 Å². The van der Waals surface area contributed by atoms with Crippen molar-refractivity contribution in [1.82, 2.24) is 15.2 Å². The second-order valence-corrected chi connectivity index (χ2v) is 3.88. The molecule has 0 saturated carbocycles. The first kappa shape index (κ1) is 17.3. The van der Waals surface area contributed by atoms with Gasteiger partial charge in [-0.25, -0.2) is 4.79 Å². The van der Waals surface area contributed by atoms with Gasteiger partial charge >= 0.3 is 5.97 Å². The number of aldehydes is 1. The SMILES string of the molecule is CCN(CC)CCNC.O=Cc1ccc(C(=O)O)[nH]1. The normalized spacial score (nSPS) is 9.89. The van der Waals surface area contributed by atoms with Gasteiger partial charge in [-0.1, -0.05) is 13.8 Å². The molecule has 19 heavy (non-hydrogen) atoms. The lowest BCUT2D eigenvalue weighted by molar-refractivity contribution is 0.0691. The summed E-state index contributed by atoms with van der Waals surface area (Å²) in [5.41, 5.74) is 0.305. The first-order chi connectivity index (χ1) is 9.08. The van der Waals surface area contributed by atoms with E-state index < -0.39 is 5.97 Å². The highest BCUT2D eigenvalue weighted by molar-refractivity contribution is 5.87. The Labute approximate surface area is 113 Å². The molecule has 0 aliphatic carbocycles. The zero-order valence-electron chi connectivity index (χ0n) is 11.8. The molecule has 1 heterocycles. The maximum Gasteiger partial charge on any atom is 0.352 e. The topological polar surface area (TPSA) is 85.4 Å². The minimum atomic E-state index is -1.06. The lowest BCUT2D eigenvalue weighted by Crippen LogP contribution is -2.30. The lowest BCUT2D eigenvalue weighted by atomic mass is 10.4. The highest BCUT2D eigenvalue weighted by Crippen LogP contribution is 1.98. The van der Waals surface area contributed by atoms with Gasteiger partial charge in [-0.15, -0.1) is 0 Å². The molecule has 108 valence electrons. The molecule has 0 unspecified atom stereocenters. The summed E-state index contributed by atoms with van der Waals surface area (Å²) >= 11 is 0. The van der Waals surface area contributed by atoms with Crippen LogP contribution in [0.25, 0.3) is 0 Å². The molecule has 0 spiro atoms. The molecule has 0 saturated heterocycles. The van der Waals surface area contributed by atoms with Gasteiger partial charge in [0.05, 0.1) is 5.69 Å². The number of H-pyrrole nitrogens is 1. The van der Waals surface area contributed by atoms with Crippen LogP contribution >= 0.6 is 0 Å². The van der Waals surface area contributed by atoms with Crippen LogP contribution in [0.1, 0.15) is 34.8 Å². The largest absolute Gasteiger partial charge is 0.477 e. The van der Waals surface area contributed by atoms with E-state index in [-0.39, 0.29) is 11.4 Å². The molecule has 6 nitrogen and oxygen atoms in total. The Balaban J connectivity index is 0.000000344. The lowest BCUT2D eigenvalue weighted by Gasteiger charge is -2.16. The Morgan fingerprint density at radius 3 is 2.37 bits per heavy atom. The number of carbonyl (C=O) groups excluding carboxylic acids is 1. The fourth-order valence-electron chi connectivity index (χ4n) is 1.42. The molecule has 0 aromatic carbocycles. The van der Waals surface area contributed by atoms with Gasteiger partial charge < -0.3 is 20.3 Å². The predicted molar refractivity (Wildman–Crippen MR) is 74.9 cm³/mol. The zero-order chi connectivity index (χ0) is 14.7. The monoisotopic (exact) mass is 269 g/mol. The van der Waals surface area contributed by atoms with Crippen LogP contribution in [0, 0.1) is 0 Å². The maximum absolute atomic E-state index is 10.2. The molecular weight excluding hydrogens is 246 g/mol. The number of carbonyl (C=O) groups is 2. The molecule has 0 fully saturated rings. The first-order valence-corrected chi connectivity index (χ1v) is 6.33. The van der Waals surface area contributed by atoms with Gasteiger partial charge in [0.2, 0.25) is 0 Å². The van der Waals surface area contributed by atoms with E-state index in [4.69, 9.17) is 5.11 Å². The molecule has 6 heteroatoms. The maximum atomic E-state index is 10.2. The Bertz CT molecular complexity index is 373. The smallest absolute Gasteiger partial charge is 0.352 e. The average Bonchev–Trinajstić information content (AvgIpc) is 2.90. The van der Waals surface area contributed by atoms with Crippen molar-refractivity contribution in [2.24, 2.45) is 0 Å². The second-order valence-electron chi connectivity index (χ2n) is 3.88. The van der Waals surface area contributed by atoms with Crippen LogP contribution in [-0.2, 0) is 0 Å². The molecule has 1 aromatic rings. The van der Waals surface area contributed by atoms with E-state index in [2.05, 4.69) is 29.0 Å². The fraction of sp³-hybridized carbons (Fsp3) is 0.538. The molecule has 0 atom stereocenters. The van der Waals surface area contributed by atoms with Crippen LogP contribution in [0.5, 0.6) is 0 Å². The van der Waals surface area contributed by atoms with Gasteiger partial charge in [-0.05, 0) is 32.3 Å². The summed E-state index contributed by atoms with van der Waals surface area (Å²) < 4.78 is 0. The third-order valence-corrected chi connectivity index (χ3v) is 2.64. The summed E-state index contributed by atoms with van der Waals surface area (Å²) in [6.45, 7) is 8.99. The van der Waals surface area contributed by atoms with Crippen LogP contribution in [0.3, 0.4) is 0 Å². The van der Waals surface area contributed by atoms with Gasteiger partial charge in [0, 0.05) is 13.1 Å². The van der Waals surface area contributed by atoms with Crippen molar-refractivity contribution in [2.45, 2.75) is 13.8 Å². The number of rotatable bonds is 7. The van der Waals surface area contributed by atoms with Crippen molar-refractivity contribution in [3.63, 3.8) is 0 Å². The highest BCUT2D eigenvalue weighted by atomic mass is 16.4. The van der Waals surface area contributed by atoms with Crippen molar-refractivity contribution in [3.05, 3.63) is 23.5 Å². The molecule has 0 radical (unpaired) electrons. The van der Waals surface area contributed by atoms with Crippen molar-refractivity contribution in [2.75, 3.05) is 33.2 Å². The van der Waals surface area contributed by atoms with Crippen LogP contribution in [-0.4, -0.2) is 60.5 Å². The number of nitrogens with zero attached hydrogens (tertiary/aromatic N) is 1. The Hall–Kier alpha value is -1.66. The Kier molecular flexibility index (Phi) is 9.38. The van der Waals surface area contributed by atoms with Gasteiger partial charge in [-0.2, -0.15) is 0 Å². The van der Waals surface area contributed by atoms with Gasteiger partial charge in [0.1, 0.15) is 5.69 Å². The molecule has 0 aliphatic rings. The minimum Gasteiger partial charge on any atom is -0.477 e. The van der Waals surface area contributed by atoms with Crippen LogP contribution in [0.4, 0.5) is 0 Å². The number of carboxylic acids is 1. The van der Waals surface area contributed by atoms with Crippen LogP contribution in [0.2, 0.25) is 0 Å². The number of nitrogens with one attached hydrogen (secondary N) is 2. The highest BCUT2D eigenvalue weighted by Gasteiger charge is 2.03. The van der Waals surface area contributed by atoms with E-state index in [1.54, 1.807) is 0 Å². The first-order valence-electron chi connectivity index (χ1n) is 6.33. The minimum absolute atomic E-state index is 0.0297. The molecule has 0 aliphatic heterocycles. The van der Waals surface area contributed by atoms with Crippen molar-refractivity contribution < 1.29 is 14.7 Å². The van der Waals surface area contributed by atoms with E-state index in [0.717, 1.165) is 19.6 Å². The van der Waals surface area contributed by atoms with Gasteiger partial charge in [0.15, 0.2) is 6.29 Å². The summed E-state index contributed by atoms with van der Waals surface area (Å²) in [6, 6.07) is 2.75. The standard InChI is InChI=1S/C7H18N2.C6H5NO3/c1-4-9(5-2)7-6-8-3;8-3-4-1-2-5(7-4)6(9)10/h8H,4-7H2,1-3H3;1-3,7H,(H,9,10).